The molecule has 1 amide bonds. The zero-order valence-electron chi connectivity index (χ0n) is 10.8. The van der Waals surface area contributed by atoms with Crippen LogP contribution in [0.3, 0.4) is 0 Å². The van der Waals surface area contributed by atoms with Crippen molar-refractivity contribution in [1.82, 2.24) is 0 Å². The minimum Gasteiger partial charge on any atom is -0.480 e. The lowest BCUT2D eigenvalue weighted by atomic mass is 10.1. The minimum absolute atomic E-state index is 0.161. The first-order valence-corrected chi connectivity index (χ1v) is 6.40. The number of hydrogen-bond donors (Lipinski definition) is 1. The second kappa shape index (κ2) is 6.37. The molecule has 0 bridgehead atoms. The van der Waals surface area contributed by atoms with Crippen LogP contribution in [0, 0.1) is 5.82 Å². The van der Waals surface area contributed by atoms with Crippen LogP contribution >= 0.6 is 11.6 Å². The van der Waals surface area contributed by atoms with E-state index in [9.17, 15) is 14.0 Å². The third-order valence-electron chi connectivity index (χ3n) is 2.77. The van der Waals surface area contributed by atoms with Crippen LogP contribution in [0.25, 0.3) is 0 Å². The third-order valence-corrected chi connectivity index (χ3v) is 3.00. The van der Waals surface area contributed by atoms with Crippen molar-refractivity contribution in [3.63, 3.8) is 0 Å². The van der Waals surface area contributed by atoms with E-state index in [-0.39, 0.29) is 10.6 Å². The lowest BCUT2D eigenvalue weighted by Gasteiger charge is -2.21. The molecule has 108 valence electrons. The Labute approximate surface area is 125 Å². The molecule has 2 aromatic carbocycles. The van der Waals surface area contributed by atoms with E-state index in [0.717, 1.165) is 11.0 Å². The van der Waals surface area contributed by atoms with Crippen molar-refractivity contribution in [3.8, 4) is 0 Å². The molecule has 2 aromatic rings. The molecular weight excluding hydrogens is 297 g/mol. The highest BCUT2D eigenvalue weighted by molar-refractivity contribution is 6.30. The second-order valence-corrected chi connectivity index (χ2v) is 4.68. The Morgan fingerprint density at radius 3 is 2.38 bits per heavy atom. The summed E-state index contributed by atoms with van der Waals surface area (Å²) in [5.74, 6) is -2.72. The van der Waals surface area contributed by atoms with Gasteiger partial charge in [0.1, 0.15) is 12.4 Å². The smallest absolute Gasteiger partial charge is 0.323 e. The van der Waals surface area contributed by atoms with Gasteiger partial charge in [-0.2, -0.15) is 0 Å². The van der Waals surface area contributed by atoms with Crippen molar-refractivity contribution in [2.45, 2.75) is 0 Å². The Kier molecular flexibility index (Phi) is 4.55. The van der Waals surface area contributed by atoms with Gasteiger partial charge in [-0.1, -0.05) is 29.8 Å². The average Bonchev–Trinajstić information content (AvgIpc) is 2.45. The molecule has 6 heteroatoms. The van der Waals surface area contributed by atoms with E-state index < -0.39 is 24.2 Å². The number of nitrogens with zero attached hydrogens (tertiary/aromatic N) is 1. The zero-order chi connectivity index (χ0) is 15.4. The highest BCUT2D eigenvalue weighted by Crippen LogP contribution is 2.20. The Morgan fingerprint density at radius 2 is 1.81 bits per heavy atom. The molecule has 0 saturated carbocycles. The summed E-state index contributed by atoms with van der Waals surface area (Å²) in [7, 11) is 0. The van der Waals surface area contributed by atoms with Gasteiger partial charge in [0.2, 0.25) is 0 Å². The van der Waals surface area contributed by atoms with Gasteiger partial charge < -0.3 is 5.11 Å². The van der Waals surface area contributed by atoms with Gasteiger partial charge in [0.05, 0.1) is 5.56 Å². The molecular formula is C15H11ClFNO3. The maximum absolute atomic E-state index is 13.8. The number of hydrogen-bond acceptors (Lipinski definition) is 2. The minimum atomic E-state index is -1.19. The average molecular weight is 308 g/mol. The highest BCUT2D eigenvalue weighted by atomic mass is 35.5. The largest absolute Gasteiger partial charge is 0.480 e. The quantitative estimate of drug-likeness (QED) is 0.943. The van der Waals surface area contributed by atoms with Gasteiger partial charge in [-0.3, -0.25) is 14.5 Å². The molecule has 0 aliphatic rings. The Hall–Kier alpha value is -2.40. The van der Waals surface area contributed by atoms with Gasteiger partial charge in [0.15, 0.2) is 0 Å². The van der Waals surface area contributed by atoms with Crippen LogP contribution in [-0.2, 0) is 4.79 Å². The molecule has 0 saturated heterocycles. The molecule has 0 aromatic heterocycles. The number of carbonyl (C=O) groups excluding carboxylic acids is 1. The van der Waals surface area contributed by atoms with E-state index in [4.69, 9.17) is 16.7 Å². The van der Waals surface area contributed by atoms with Crippen LogP contribution in [0.5, 0.6) is 0 Å². The summed E-state index contributed by atoms with van der Waals surface area (Å²) in [4.78, 5) is 24.3. The number of rotatable bonds is 4. The summed E-state index contributed by atoms with van der Waals surface area (Å²) in [5.41, 5.74) is 0.142. The summed E-state index contributed by atoms with van der Waals surface area (Å²) < 4.78 is 13.8. The van der Waals surface area contributed by atoms with Crippen LogP contribution in [0.15, 0.2) is 48.5 Å². The van der Waals surface area contributed by atoms with E-state index in [1.54, 1.807) is 30.3 Å². The molecule has 0 aliphatic carbocycles. The molecule has 0 heterocycles. The predicted octanol–water partition coefficient (Wildman–Crippen LogP) is 3.21. The standard InChI is InChI=1S/C15H11ClFNO3/c16-10-6-7-12(13(17)8-10)15(21)18(9-14(19)20)11-4-2-1-3-5-11/h1-8H,9H2,(H,19,20). The van der Waals surface area contributed by atoms with Crippen LogP contribution < -0.4 is 4.90 Å². The highest BCUT2D eigenvalue weighted by Gasteiger charge is 2.23. The molecule has 21 heavy (non-hydrogen) atoms. The van der Waals surface area contributed by atoms with Crippen LogP contribution in [0.4, 0.5) is 10.1 Å². The first kappa shape index (κ1) is 15.0. The van der Waals surface area contributed by atoms with Crippen molar-refractivity contribution >= 4 is 29.2 Å². The number of carboxylic acids is 1. The van der Waals surface area contributed by atoms with E-state index in [0.29, 0.717) is 5.69 Å². The van der Waals surface area contributed by atoms with Gasteiger partial charge in [0.25, 0.3) is 5.91 Å². The molecule has 0 aliphatic heterocycles. The molecule has 0 spiro atoms. The van der Waals surface area contributed by atoms with E-state index >= 15 is 0 Å². The summed E-state index contributed by atoms with van der Waals surface area (Å²) in [6.07, 6.45) is 0. The third kappa shape index (κ3) is 3.58. The zero-order valence-corrected chi connectivity index (χ0v) is 11.5. The maximum Gasteiger partial charge on any atom is 0.323 e. The number of anilines is 1. The second-order valence-electron chi connectivity index (χ2n) is 4.24. The fourth-order valence-corrected chi connectivity index (χ4v) is 1.99. The first-order valence-electron chi connectivity index (χ1n) is 6.03. The van der Waals surface area contributed by atoms with Crippen molar-refractivity contribution < 1.29 is 19.1 Å². The molecule has 2 rings (SSSR count). The van der Waals surface area contributed by atoms with Gasteiger partial charge in [-0.05, 0) is 30.3 Å². The summed E-state index contributed by atoms with van der Waals surface area (Å²) >= 11 is 5.64. The number of aliphatic carboxylic acids is 1. The van der Waals surface area contributed by atoms with Gasteiger partial charge >= 0.3 is 5.97 Å². The SMILES string of the molecule is O=C(O)CN(C(=O)c1ccc(Cl)cc1F)c1ccccc1. The van der Waals surface area contributed by atoms with Crippen LogP contribution in [-0.4, -0.2) is 23.5 Å². The lowest BCUT2D eigenvalue weighted by Crippen LogP contribution is -2.36. The lowest BCUT2D eigenvalue weighted by molar-refractivity contribution is -0.135. The van der Waals surface area contributed by atoms with Gasteiger partial charge in [-0.25, -0.2) is 4.39 Å². The van der Waals surface area contributed by atoms with Gasteiger partial charge in [0, 0.05) is 10.7 Å². The van der Waals surface area contributed by atoms with Gasteiger partial charge in [-0.15, -0.1) is 0 Å². The Bertz CT molecular complexity index is 676. The van der Waals surface area contributed by atoms with Crippen LogP contribution in [0.1, 0.15) is 10.4 Å². The summed E-state index contributed by atoms with van der Waals surface area (Å²) in [6.45, 7) is -0.565. The molecule has 0 fully saturated rings. The topological polar surface area (TPSA) is 57.6 Å². The normalized spacial score (nSPS) is 10.2. The molecule has 4 nitrogen and oxygen atoms in total. The maximum atomic E-state index is 13.8. The predicted molar refractivity (Wildman–Crippen MR) is 77.2 cm³/mol. The molecule has 0 atom stereocenters. The Balaban J connectivity index is 2.41. The van der Waals surface area contributed by atoms with Crippen molar-refractivity contribution in [2.24, 2.45) is 0 Å². The summed E-state index contributed by atoms with van der Waals surface area (Å²) in [6, 6.07) is 11.8. The molecule has 0 radical (unpaired) electrons. The number of amides is 1. The monoisotopic (exact) mass is 307 g/mol. The summed E-state index contributed by atoms with van der Waals surface area (Å²) in [5, 5.41) is 9.11. The first-order chi connectivity index (χ1) is 9.99. The fraction of sp³-hybridized carbons (Fsp3) is 0.0667. The Morgan fingerprint density at radius 1 is 1.14 bits per heavy atom. The van der Waals surface area contributed by atoms with E-state index in [2.05, 4.69) is 0 Å². The fourth-order valence-electron chi connectivity index (χ4n) is 1.83. The van der Waals surface area contributed by atoms with Crippen molar-refractivity contribution in [2.75, 3.05) is 11.4 Å². The van der Waals surface area contributed by atoms with Crippen LogP contribution in [0.2, 0.25) is 5.02 Å². The molecule has 0 unspecified atom stereocenters. The molecule has 1 N–H and O–H groups in total. The number of carboxylic acid groups (broad SMARTS) is 1. The van der Waals surface area contributed by atoms with E-state index in [1.807, 2.05) is 0 Å². The number of halogens is 2. The van der Waals surface area contributed by atoms with Crippen molar-refractivity contribution in [3.05, 3.63) is 64.9 Å². The van der Waals surface area contributed by atoms with Crippen molar-refractivity contribution in [1.29, 1.82) is 0 Å². The number of para-hydroxylation sites is 1. The van der Waals surface area contributed by atoms with E-state index in [1.165, 1.54) is 12.1 Å². The number of carbonyl (C=O) groups is 2. The number of benzene rings is 2.